The summed E-state index contributed by atoms with van der Waals surface area (Å²) < 4.78 is 45.9. The Morgan fingerprint density at radius 2 is 1.67 bits per heavy atom. The number of anilines is 1. The van der Waals surface area contributed by atoms with Crippen LogP contribution in [0.5, 0.6) is 5.75 Å². The molecule has 4 rings (SSSR count). The molecule has 4 aromatic carbocycles. The zero-order valence-electron chi connectivity index (χ0n) is 18.2. The molecule has 0 aromatic heterocycles. The second-order valence-electron chi connectivity index (χ2n) is 7.64. The second-order valence-corrected chi connectivity index (χ2v) is 9.35. The quantitative estimate of drug-likeness (QED) is 0.128. The number of hydrogen-bond donors (Lipinski definition) is 1. The van der Waals surface area contributed by atoms with Gasteiger partial charge in [-0.05, 0) is 84.1 Å². The maximum atomic E-state index is 12.9. The standard InChI is InChI=1S/C25H16Br2F3N3O3/c26-20-10-16(13-31-32-22-8-7-19(25(28,29)30)12-23(22)33(34)35)11-21(27)24(20)36-14-15-5-6-17-3-1-2-4-18(17)9-15/h1-13,32H,14H2/b31-13-. The Morgan fingerprint density at radius 1 is 0.972 bits per heavy atom. The van der Waals surface area contributed by atoms with Crippen LogP contribution in [0.1, 0.15) is 16.7 Å². The fraction of sp³-hybridized carbons (Fsp3) is 0.0800. The molecule has 0 fully saturated rings. The van der Waals surface area contributed by atoms with Crippen molar-refractivity contribution in [3.05, 3.63) is 109 Å². The van der Waals surface area contributed by atoms with Gasteiger partial charge < -0.3 is 4.74 Å². The molecule has 0 saturated heterocycles. The molecule has 11 heteroatoms. The van der Waals surface area contributed by atoms with Crippen molar-refractivity contribution >= 4 is 60.2 Å². The summed E-state index contributed by atoms with van der Waals surface area (Å²) in [7, 11) is 0. The van der Waals surface area contributed by atoms with Crippen LogP contribution in [-0.4, -0.2) is 11.1 Å². The molecule has 0 spiro atoms. The molecular weight excluding hydrogens is 607 g/mol. The number of hydrazone groups is 1. The number of benzene rings is 4. The van der Waals surface area contributed by atoms with Crippen molar-refractivity contribution in [1.82, 2.24) is 0 Å². The summed E-state index contributed by atoms with van der Waals surface area (Å²) in [5.74, 6) is 0.576. The summed E-state index contributed by atoms with van der Waals surface area (Å²) in [6.07, 6.45) is -3.31. The average Bonchev–Trinajstić information content (AvgIpc) is 2.83. The van der Waals surface area contributed by atoms with Crippen LogP contribution in [0, 0.1) is 10.1 Å². The Balaban J connectivity index is 1.46. The second kappa shape index (κ2) is 10.7. The maximum absolute atomic E-state index is 12.9. The molecule has 36 heavy (non-hydrogen) atoms. The van der Waals surface area contributed by atoms with Gasteiger partial charge in [-0.15, -0.1) is 0 Å². The van der Waals surface area contributed by atoms with Gasteiger partial charge in [0.1, 0.15) is 18.0 Å². The van der Waals surface area contributed by atoms with Crippen LogP contribution in [0.2, 0.25) is 0 Å². The Labute approximate surface area is 220 Å². The van der Waals surface area contributed by atoms with Gasteiger partial charge in [0, 0.05) is 6.07 Å². The average molecular weight is 623 g/mol. The zero-order valence-corrected chi connectivity index (χ0v) is 21.4. The summed E-state index contributed by atoms with van der Waals surface area (Å²) in [4.78, 5) is 10.3. The first-order valence-corrected chi connectivity index (χ1v) is 11.9. The normalized spacial score (nSPS) is 11.7. The van der Waals surface area contributed by atoms with Gasteiger partial charge in [0.25, 0.3) is 5.69 Å². The van der Waals surface area contributed by atoms with Crippen LogP contribution in [0.15, 0.2) is 86.8 Å². The number of halogens is 5. The smallest absolute Gasteiger partial charge is 0.416 e. The zero-order chi connectivity index (χ0) is 25.9. The van der Waals surface area contributed by atoms with Gasteiger partial charge in [-0.25, -0.2) is 0 Å². The third kappa shape index (κ3) is 6.03. The van der Waals surface area contributed by atoms with E-state index >= 15 is 0 Å². The number of hydrogen-bond acceptors (Lipinski definition) is 5. The monoisotopic (exact) mass is 621 g/mol. The maximum Gasteiger partial charge on any atom is 0.416 e. The molecule has 0 aliphatic carbocycles. The van der Waals surface area contributed by atoms with Crippen LogP contribution < -0.4 is 10.2 Å². The Bertz CT molecular complexity index is 1450. The topological polar surface area (TPSA) is 76.8 Å². The van der Waals surface area contributed by atoms with Crippen molar-refractivity contribution in [3.8, 4) is 5.75 Å². The molecule has 4 aromatic rings. The molecule has 6 nitrogen and oxygen atoms in total. The molecule has 0 amide bonds. The molecule has 0 bridgehead atoms. The van der Waals surface area contributed by atoms with Crippen LogP contribution in [0.3, 0.4) is 0 Å². The molecular formula is C25H16Br2F3N3O3. The number of nitrogens with one attached hydrogen (secondary N) is 1. The van der Waals surface area contributed by atoms with Gasteiger partial charge in [0.05, 0.1) is 25.6 Å². The van der Waals surface area contributed by atoms with Crippen molar-refractivity contribution in [1.29, 1.82) is 0 Å². The number of nitro benzene ring substituents is 1. The van der Waals surface area contributed by atoms with Crippen molar-refractivity contribution < 1.29 is 22.8 Å². The highest BCUT2D eigenvalue weighted by atomic mass is 79.9. The highest BCUT2D eigenvalue weighted by molar-refractivity contribution is 9.11. The van der Waals surface area contributed by atoms with Crippen molar-refractivity contribution in [3.63, 3.8) is 0 Å². The summed E-state index contributed by atoms with van der Waals surface area (Å²) in [6.45, 7) is 0.342. The van der Waals surface area contributed by atoms with E-state index in [1.807, 2.05) is 36.4 Å². The molecule has 0 unspecified atom stereocenters. The van der Waals surface area contributed by atoms with E-state index in [1.165, 1.54) is 6.21 Å². The number of rotatable bonds is 7. The van der Waals surface area contributed by atoms with E-state index in [9.17, 15) is 23.3 Å². The first-order valence-electron chi connectivity index (χ1n) is 10.4. The van der Waals surface area contributed by atoms with Gasteiger partial charge in [-0.3, -0.25) is 15.5 Å². The van der Waals surface area contributed by atoms with Crippen molar-refractivity contribution in [2.24, 2.45) is 5.10 Å². The number of nitrogens with zero attached hydrogens (tertiary/aromatic N) is 2. The Kier molecular flexibility index (Phi) is 7.60. The van der Waals surface area contributed by atoms with E-state index in [-0.39, 0.29) is 5.69 Å². The largest absolute Gasteiger partial charge is 0.487 e. The Morgan fingerprint density at radius 3 is 2.33 bits per heavy atom. The van der Waals surface area contributed by atoms with E-state index in [0.29, 0.717) is 32.9 Å². The van der Waals surface area contributed by atoms with E-state index in [2.05, 4.69) is 48.5 Å². The van der Waals surface area contributed by atoms with E-state index < -0.39 is 22.4 Å². The summed E-state index contributed by atoms with van der Waals surface area (Å²) in [5.41, 5.74) is 2.02. The lowest BCUT2D eigenvalue weighted by atomic mass is 10.1. The lowest BCUT2D eigenvalue weighted by molar-refractivity contribution is -0.384. The summed E-state index contributed by atoms with van der Waals surface area (Å²) in [6, 6.07) is 19.8. The number of alkyl halides is 3. The van der Waals surface area contributed by atoms with Gasteiger partial charge in [0.15, 0.2) is 0 Å². The Hall–Kier alpha value is -3.44. The molecule has 0 aliphatic heterocycles. The molecule has 184 valence electrons. The first kappa shape index (κ1) is 25.6. The van der Waals surface area contributed by atoms with E-state index in [1.54, 1.807) is 12.1 Å². The number of fused-ring (bicyclic) bond motifs is 1. The molecule has 1 N–H and O–H groups in total. The van der Waals surface area contributed by atoms with E-state index in [0.717, 1.165) is 28.5 Å². The third-order valence-electron chi connectivity index (χ3n) is 5.14. The molecule has 0 aliphatic rings. The van der Waals surface area contributed by atoms with Crippen LogP contribution in [0.25, 0.3) is 10.8 Å². The fourth-order valence-electron chi connectivity index (χ4n) is 3.41. The predicted octanol–water partition coefficient (Wildman–Crippen LogP) is 8.32. The first-order chi connectivity index (χ1) is 17.1. The van der Waals surface area contributed by atoms with Gasteiger partial charge in [-0.2, -0.15) is 18.3 Å². The van der Waals surface area contributed by atoms with Crippen molar-refractivity contribution in [2.75, 3.05) is 5.43 Å². The SMILES string of the molecule is O=[N+]([O-])c1cc(C(F)(F)F)ccc1N/N=C\c1cc(Br)c(OCc2ccc3ccccc3c2)c(Br)c1. The predicted molar refractivity (Wildman–Crippen MR) is 139 cm³/mol. The summed E-state index contributed by atoms with van der Waals surface area (Å²) >= 11 is 6.94. The number of ether oxygens (including phenoxy) is 1. The lowest BCUT2D eigenvalue weighted by Gasteiger charge is -2.12. The third-order valence-corrected chi connectivity index (χ3v) is 6.32. The molecule has 0 radical (unpaired) electrons. The van der Waals surface area contributed by atoms with Crippen LogP contribution in [-0.2, 0) is 12.8 Å². The highest BCUT2D eigenvalue weighted by Gasteiger charge is 2.33. The van der Waals surface area contributed by atoms with Crippen LogP contribution >= 0.6 is 31.9 Å². The minimum absolute atomic E-state index is 0.169. The fourth-order valence-corrected chi connectivity index (χ4v) is 4.86. The van der Waals surface area contributed by atoms with Crippen LogP contribution in [0.4, 0.5) is 24.5 Å². The summed E-state index contributed by atoms with van der Waals surface area (Å²) in [5, 5.41) is 17.4. The van der Waals surface area contributed by atoms with Gasteiger partial charge >= 0.3 is 6.18 Å². The number of nitro groups is 1. The molecule has 0 heterocycles. The van der Waals surface area contributed by atoms with Crippen molar-refractivity contribution in [2.45, 2.75) is 12.8 Å². The van der Waals surface area contributed by atoms with Gasteiger partial charge in [0.2, 0.25) is 0 Å². The minimum Gasteiger partial charge on any atom is -0.487 e. The minimum atomic E-state index is -4.69. The van der Waals surface area contributed by atoms with E-state index in [4.69, 9.17) is 4.74 Å². The lowest BCUT2D eigenvalue weighted by Crippen LogP contribution is -2.06. The van der Waals surface area contributed by atoms with Gasteiger partial charge in [-0.1, -0.05) is 36.4 Å². The molecule has 0 atom stereocenters. The molecule has 0 saturated carbocycles. The highest BCUT2D eigenvalue weighted by Crippen LogP contribution is 2.36.